The smallest absolute Gasteiger partial charge is 0.143 e. The van der Waals surface area contributed by atoms with Crippen molar-refractivity contribution in [1.29, 1.82) is 0 Å². The molecule has 0 amide bonds. The molecule has 0 fully saturated rings. The maximum absolute atomic E-state index is 4.89. The normalized spacial score (nSPS) is 11.8. The Balaban J connectivity index is 1.58. The second-order valence-corrected chi connectivity index (χ2v) is 8.37. The molecule has 3 aromatic heterocycles. The molecule has 0 aliphatic heterocycles. The van der Waals surface area contributed by atoms with Crippen LogP contribution in [0, 0.1) is 6.92 Å². The Labute approximate surface area is 190 Å². The number of hydrogen-bond acceptors (Lipinski definition) is 2. The third-order valence-electron chi connectivity index (χ3n) is 6.43. The van der Waals surface area contributed by atoms with Crippen LogP contribution in [0.3, 0.4) is 0 Å². The Hall–Kier alpha value is -4.44. The van der Waals surface area contributed by atoms with E-state index in [1.165, 1.54) is 21.5 Å². The van der Waals surface area contributed by atoms with E-state index < -0.39 is 0 Å². The molecule has 7 aromatic rings. The monoisotopic (exact) mass is 424 g/mol. The summed E-state index contributed by atoms with van der Waals surface area (Å²) in [6, 6.07) is 36.1. The fraction of sp³-hybridized carbons (Fsp3) is 0.0345. The SMILES string of the molecule is Cc1nc(-n2c3ccccc3c3ccccc32)cc(-n2c3ccccc3c3ccccc32)n1. The molecule has 3 heterocycles. The fourth-order valence-corrected chi connectivity index (χ4v) is 5.10. The van der Waals surface area contributed by atoms with Gasteiger partial charge in [0.2, 0.25) is 0 Å². The fourth-order valence-electron chi connectivity index (χ4n) is 5.10. The van der Waals surface area contributed by atoms with Gasteiger partial charge < -0.3 is 0 Å². The molecule has 4 nitrogen and oxygen atoms in total. The van der Waals surface area contributed by atoms with Gasteiger partial charge in [0.15, 0.2) is 0 Å². The van der Waals surface area contributed by atoms with Crippen molar-refractivity contribution >= 4 is 43.6 Å². The van der Waals surface area contributed by atoms with E-state index in [0.29, 0.717) is 0 Å². The molecular formula is C29H20N4. The van der Waals surface area contributed by atoms with Crippen LogP contribution in [0.15, 0.2) is 103 Å². The molecule has 4 aromatic carbocycles. The van der Waals surface area contributed by atoms with Crippen molar-refractivity contribution in [3.05, 3.63) is 109 Å². The maximum atomic E-state index is 4.89. The van der Waals surface area contributed by atoms with Gasteiger partial charge in [-0.15, -0.1) is 0 Å². The molecule has 0 radical (unpaired) electrons. The van der Waals surface area contributed by atoms with Crippen LogP contribution < -0.4 is 0 Å². The lowest BCUT2D eigenvalue weighted by Crippen LogP contribution is -2.06. The summed E-state index contributed by atoms with van der Waals surface area (Å²) in [6.07, 6.45) is 0. The van der Waals surface area contributed by atoms with Gasteiger partial charge in [-0.1, -0.05) is 72.8 Å². The number of aryl methyl sites for hydroxylation is 1. The first-order valence-electron chi connectivity index (χ1n) is 11.1. The van der Waals surface area contributed by atoms with Crippen molar-refractivity contribution in [3.8, 4) is 11.6 Å². The quantitative estimate of drug-likeness (QED) is 0.300. The lowest BCUT2D eigenvalue weighted by Gasteiger charge is -2.12. The van der Waals surface area contributed by atoms with Crippen LogP contribution in [0.5, 0.6) is 0 Å². The summed E-state index contributed by atoms with van der Waals surface area (Å²) in [4.78, 5) is 9.77. The number of para-hydroxylation sites is 4. The zero-order chi connectivity index (χ0) is 21.9. The molecule has 0 saturated heterocycles. The molecule has 0 N–H and O–H groups in total. The summed E-state index contributed by atoms with van der Waals surface area (Å²) in [5.41, 5.74) is 4.57. The van der Waals surface area contributed by atoms with Gasteiger partial charge in [-0.05, 0) is 31.2 Å². The minimum absolute atomic E-state index is 0.742. The number of nitrogens with zero attached hydrogens (tertiary/aromatic N) is 4. The summed E-state index contributed by atoms with van der Waals surface area (Å²) in [5.74, 6) is 2.49. The zero-order valence-corrected chi connectivity index (χ0v) is 18.1. The van der Waals surface area contributed by atoms with E-state index in [9.17, 15) is 0 Å². The summed E-state index contributed by atoms with van der Waals surface area (Å²) in [5, 5.41) is 4.90. The molecule has 0 bridgehead atoms. The summed E-state index contributed by atoms with van der Waals surface area (Å²) in [7, 11) is 0. The topological polar surface area (TPSA) is 35.6 Å². The first-order valence-corrected chi connectivity index (χ1v) is 11.1. The molecule has 33 heavy (non-hydrogen) atoms. The second kappa shape index (κ2) is 6.78. The Bertz CT molecular complexity index is 1600. The molecule has 0 unspecified atom stereocenters. The van der Waals surface area contributed by atoms with Gasteiger partial charge >= 0.3 is 0 Å². The van der Waals surface area contributed by atoms with Gasteiger partial charge in [-0.2, -0.15) is 0 Å². The molecule has 0 atom stereocenters. The van der Waals surface area contributed by atoms with E-state index in [1.807, 2.05) is 6.92 Å². The van der Waals surface area contributed by atoms with Gasteiger partial charge in [-0.25, -0.2) is 9.97 Å². The van der Waals surface area contributed by atoms with Crippen molar-refractivity contribution in [2.45, 2.75) is 6.92 Å². The predicted molar refractivity (Wildman–Crippen MR) is 135 cm³/mol. The highest BCUT2D eigenvalue weighted by atomic mass is 15.1. The number of benzene rings is 4. The van der Waals surface area contributed by atoms with Crippen LogP contribution in [-0.2, 0) is 0 Å². The Morgan fingerprint density at radius 2 is 0.758 bits per heavy atom. The lowest BCUT2D eigenvalue weighted by molar-refractivity contribution is 0.940. The first-order chi connectivity index (χ1) is 16.3. The van der Waals surface area contributed by atoms with Crippen molar-refractivity contribution in [2.24, 2.45) is 0 Å². The Morgan fingerprint density at radius 3 is 1.09 bits per heavy atom. The van der Waals surface area contributed by atoms with Gasteiger partial charge in [0, 0.05) is 27.6 Å². The predicted octanol–water partition coefficient (Wildman–Crippen LogP) is 6.98. The van der Waals surface area contributed by atoms with Crippen molar-refractivity contribution in [3.63, 3.8) is 0 Å². The number of hydrogen-bond donors (Lipinski definition) is 0. The highest BCUT2D eigenvalue weighted by molar-refractivity contribution is 6.10. The van der Waals surface area contributed by atoms with Crippen LogP contribution in [-0.4, -0.2) is 19.1 Å². The highest BCUT2D eigenvalue weighted by Gasteiger charge is 2.17. The number of rotatable bonds is 2. The van der Waals surface area contributed by atoms with Crippen LogP contribution in [0.25, 0.3) is 55.2 Å². The van der Waals surface area contributed by atoms with Gasteiger partial charge in [0.1, 0.15) is 17.5 Å². The van der Waals surface area contributed by atoms with E-state index in [-0.39, 0.29) is 0 Å². The molecule has 0 spiro atoms. The van der Waals surface area contributed by atoms with Gasteiger partial charge in [0.05, 0.1) is 22.1 Å². The second-order valence-electron chi connectivity index (χ2n) is 8.37. The van der Waals surface area contributed by atoms with E-state index in [2.05, 4.69) is 112 Å². The maximum Gasteiger partial charge on any atom is 0.143 e. The largest absolute Gasteiger partial charge is 0.294 e. The first kappa shape index (κ1) is 18.2. The molecule has 0 aliphatic rings. The zero-order valence-electron chi connectivity index (χ0n) is 18.1. The van der Waals surface area contributed by atoms with Gasteiger partial charge in [0.25, 0.3) is 0 Å². The molecule has 156 valence electrons. The van der Waals surface area contributed by atoms with Crippen molar-refractivity contribution in [2.75, 3.05) is 0 Å². The third kappa shape index (κ3) is 2.58. The van der Waals surface area contributed by atoms with Crippen LogP contribution in [0.2, 0.25) is 0 Å². The average molecular weight is 425 g/mol. The van der Waals surface area contributed by atoms with Crippen molar-refractivity contribution in [1.82, 2.24) is 19.1 Å². The molecule has 0 aliphatic carbocycles. The molecular weight excluding hydrogens is 404 g/mol. The number of fused-ring (bicyclic) bond motifs is 6. The average Bonchev–Trinajstić information content (AvgIpc) is 3.37. The molecule has 0 saturated carbocycles. The number of aromatic nitrogens is 4. The summed E-state index contributed by atoms with van der Waals surface area (Å²) >= 11 is 0. The minimum Gasteiger partial charge on any atom is -0.294 e. The van der Waals surface area contributed by atoms with Crippen LogP contribution in [0.4, 0.5) is 0 Å². The van der Waals surface area contributed by atoms with Crippen LogP contribution in [0.1, 0.15) is 5.82 Å². The van der Waals surface area contributed by atoms with Gasteiger partial charge in [-0.3, -0.25) is 9.13 Å². The Kier molecular flexibility index (Phi) is 3.73. The summed E-state index contributed by atoms with van der Waals surface area (Å²) in [6.45, 7) is 1.97. The van der Waals surface area contributed by atoms with E-state index in [4.69, 9.17) is 9.97 Å². The summed E-state index contributed by atoms with van der Waals surface area (Å²) < 4.78 is 4.49. The minimum atomic E-state index is 0.742. The third-order valence-corrected chi connectivity index (χ3v) is 6.43. The lowest BCUT2D eigenvalue weighted by atomic mass is 10.2. The van der Waals surface area contributed by atoms with Crippen molar-refractivity contribution < 1.29 is 0 Å². The van der Waals surface area contributed by atoms with Crippen LogP contribution >= 0.6 is 0 Å². The van der Waals surface area contributed by atoms with E-state index in [0.717, 1.165) is 39.5 Å². The highest BCUT2D eigenvalue weighted by Crippen LogP contribution is 2.34. The Morgan fingerprint density at radius 1 is 0.455 bits per heavy atom. The van der Waals surface area contributed by atoms with E-state index in [1.54, 1.807) is 0 Å². The van der Waals surface area contributed by atoms with E-state index >= 15 is 0 Å². The molecule has 7 rings (SSSR count). The standard InChI is InChI=1S/C29H20N4/c1-19-30-28(32-24-14-6-2-10-20(24)21-11-3-7-15-25(21)32)18-29(31-19)33-26-16-8-4-12-22(26)23-13-5-9-17-27(23)33/h2-18H,1H3. The molecule has 4 heteroatoms.